The fraction of sp³-hybridized carbons (Fsp3) is 0.0769. The molecule has 0 radical (unpaired) electrons. The standard InChI is InChI=1S/C26H24ClOP/c1-2-28-22-18-20-26(21-19-22)29(27,23-12-6-3-7-13-23,24-14-8-4-9-15-24)25-16-10-5-11-17-25/h3-21H,2H2,1H3. The molecular weight excluding hydrogens is 395 g/mol. The fourth-order valence-electron chi connectivity index (χ4n) is 4.01. The van der Waals surface area contributed by atoms with Crippen LogP contribution in [0.5, 0.6) is 5.75 Å². The summed E-state index contributed by atoms with van der Waals surface area (Å²) in [5.74, 6) is -2.59. The van der Waals surface area contributed by atoms with E-state index in [4.69, 9.17) is 16.0 Å². The summed E-state index contributed by atoms with van der Waals surface area (Å²) in [7, 11) is 0. The van der Waals surface area contributed by atoms with E-state index in [0.717, 1.165) is 27.0 Å². The molecule has 4 aromatic carbocycles. The summed E-state index contributed by atoms with van der Waals surface area (Å²) in [5, 5.41) is 4.48. The Bertz CT molecular complexity index is 965. The molecule has 29 heavy (non-hydrogen) atoms. The summed E-state index contributed by atoms with van der Waals surface area (Å²) >= 11 is 8.12. The summed E-state index contributed by atoms with van der Waals surface area (Å²) in [6.07, 6.45) is 0. The van der Waals surface area contributed by atoms with Crippen LogP contribution in [0.15, 0.2) is 115 Å². The van der Waals surface area contributed by atoms with E-state index in [1.807, 2.05) is 37.3 Å². The van der Waals surface area contributed by atoms with E-state index in [2.05, 4.69) is 84.9 Å². The number of hydrogen-bond donors (Lipinski definition) is 0. The van der Waals surface area contributed by atoms with E-state index in [-0.39, 0.29) is 0 Å². The van der Waals surface area contributed by atoms with Gasteiger partial charge in [0.05, 0.1) is 0 Å². The molecule has 1 nitrogen and oxygen atoms in total. The summed E-state index contributed by atoms with van der Waals surface area (Å²) in [5.41, 5.74) is 0. The molecule has 0 atom stereocenters. The van der Waals surface area contributed by atoms with Gasteiger partial charge in [-0.15, -0.1) is 0 Å². The Morgan fingerprint density at radius 1 is 0.552 bits per heavy atom. The van der Waals surface area contributed by atoms with E-state index >= 15 is 0 Å². The average molecular weight is 419 g/mol. The topological polar surface area (TPSA) is 9.23 Å². The molecule has 4 aromatic rings. The van der Waals surface area contributed by atoms with E-state index in [0.29, 0.717) is 6.61 Å². The second-order valence-electron chi connectivity index (χ2n) is 6.94. The molecule has 0 unspecified atom stereocenters. The summed E-state index contributed by atoms with van der Waals surface area (Å²) in [6, 6.07) is 39.8. The fourth-order valence-corrected chi connectivity index (χ4v) is 10.1. The third kappa shape index (κ3) is 3.15. The van der Waals surface area contributed by atoms with Gasteiger partial charge in [-0.2, -0.15) is 0 Å². The number of ether oxygens (including phenoxy) is 1. The van der Waals surface area contributed by atoms with Crippen LogP contribution in [-0.2, 0) is 0 Å². The second-order valence-corrected chi connectivity index (χ2v) is 13.1. The minimum atomic E-state index is -3.45. The molecule has 0 aromatic heterocycles. The minimum absolute atomic E-state index is 0.639. The summed E-state index contributed by atoms with van der Waals surface area (Å²) < 4.78 is 5.69. The molecule has 0 saturated heterocycles. The predicted octanol–water partition coefficient (Wildman–Crippen LogP) is 5.39. The van der Waals surface area contributed by atoms with Gasteiger partial charge in [-0.1, -0.05) is 0 Å². The van der Waals surface area contributed by atoms with Gasteiger partial charge in [0.15, 0.2) is 0 Å². The Labute approximate surface area is 177 Å². The predicted molar refractivity (Wildman–Crippen MR) is 128 cm³/mol. The van der Waals surface area contributed by atoms with Gasteiger partial charge in [-0.3, -0.25) is 0 Å². The first-order valence-electron chi connectivity index (χ1n) is 9.82. The van der Waals surface area contributed by atoms with Crippen LogP contribution in [0.4, 0.5) is 0 Å². The van der Waals surface area contributed by atoms with Gasteiger partial charge in [0.1, 0.15) is 0 Å². The zero-order valence-corrected chi connectivity index (χ0v) is 18.1. The van der Waals surface area contributed by atoms with Crippen LogP contribution >= 0.6 is 17.2 Å². The zero-order chi connectivity index (χ0) is 20.2. The van der Waals surface area contributed by atoms with Crippen LogP contribution in [0.2, 0.25) is 0 Å². The Hall–Kier alpha value is -2.60. The van der Waals surface area contributed by atoms with Crippen molar-refractivity contribution in [2.24, 2.45) is 0 Å². The van der Waals surface area contributed by atoms with Crippen molar-refractivity contribution in [3.63, 3.8) is 0 Å². The number of benzene rings is 4. The van der Waals surface area contributed by atoms with Crippen molar-refractivity contribution in [3.8, 4) is 5.75 Å². The molecule has 4 rings (SSSR count). The molecule has 0 aliphatic heterocycles. The molecular formula is C26H24ClOP. The third-order valence-corrected chi connectivity index (χ3v) is 12.8. The van der Waals surface area contributed by atoms with Crippen molar-refractivity contribution < 1.29 is 4.74 Å². The van der Waals surface area contributed by atoms with Crippen LogP contribution in [0, 0.1) is 0 Å². The van der Waals surface area contributed by atoms with Gasteiger partial charge in [-0.25, -0.2) is 0 Å². The van der Waals surface area contributed by atoms with E-state index in [9.17, 15) is 0 Å². The SMILES string of the molecule is CCOc1ccc(P(Cl)(c2ccccc2)(c2ccccc2)c2ccccc2)cc1. The zero-order valence-electron chi connectivity index (χ0n) is 16.4. The van der Waals surface area contributed by atoms with Crippen molar-refractivity contribution in [2.75, 3.05) is 6.61 Å². The molecule has 0 N–H and O–H groups in total. The van der Waals surface area contributed by atoms with Gasteiger partial charge in [-0.05, 0) is 0 Å². The van der Waals surface area contributed by atoms with Gasteiger partial charge in [0.2, 0.25) is 0 Å². The Balaban J connectivity index is 2.13. The van der Waals surface area contributed by atoms with Crippen molar-refractivity contribution in [3.05, 3.63) is 115 Å². The molecule has 0 aliphatic rings. The van der Waals surface area contributed by atoms with Gasteiger partial charge in [0.25, 0.3) is 0 Å². The molecule has 0 bridgehead atoms. The van der Waals surface area contributed by atoms with Crippen molar-refractivity contribution >= 4 is 38.4 Å². The van der Waals surface area contributed by atoms with Crippen LogP contribution < -0.4 is 26.0 Å². The Morgan fingerprint density at radius 3 is 1.24 bits per heavy atom. The molecule has 0 aliphatic carbocycles. The van der Waals surface area contributed by atoms with Crippen LogP contribution in [0.1, 0.15) is 6.92 Å². The molecule has 0 spiro atoms. The molecule has 3 heteroatoms. The normalized spacial score (nSPS) is 12.7. The summed E-state index contributed by atoms with van der Waals surface area (Å²) in [6.45, 7) is 2.63. The van der Waals surface area contributed by atoms with Crippen molar-refractivity contribution in [2.45, 2.75) is 6.92 Å². The van der Waals surface area contributed by atoms with Gasteiger partial charge < -0.3 is 0 Å². The molecule has 0 amide bonds. The van der Waals surface area contributed by atoms with Gasteiger partial charge >= 0.3 is 178 Å². The molecule has 0 fully saturated rings. The number of hydrogen-bond acceptors (Lipinski definition) is 1. The van der Waals surface area contributed by atoms with Crippen LogP contribution in [-0.4, -0.2) is 6.61 Å². The maximum atomic E-state index is 8.12. The average Bonchev–Trinajstić information content (AvgIpc) is 2.81. The first-order valence-corrected chi connectivity index (χ1v) is 13.0. The molecule has 0 heterocycles. The van der Waals surface area contributed by atoms with Crippen LogP contribution in [0.3, 0.4) is 0 Å². The monoisotopic (exact) mass is 418 g/mol. The molecule has 0 saturated carbocycles. The quantitative estimate of drug-likeness (QED) is 0.381. The Kier molecular flexibility index (Phi) is 5.46. The van der Waals surface area contributed by atoms with Crippen molar-refractivity contribution in [1.29, 1.82) is 0 Å². The Morgan fingerprint density at radius 2 is 0.897 bits per heavy atom. The van der Waals surface area contributed by atoms with Crippen molar-refractivity contribution in [1.82, 2.24) is 0 Å². The first kappa shape index (κ1) is 19.7. The van der Waals surface area contributed by atoms with Gasteiger partial charge in [0, 0.05) is 0 Å². The third-order valence-electron chi connectivity index (χ3n) is 5.36. The first-order chi connectivity index (χ1) is 14.2. The second kappa shape index (κ2) is 8.03. The number of halogens is 1. The van der Waals surface area contributed by atoms with E-state index in [1.165, 1.54) is 0 Å². The molecule has 146 valence electrons. The maximum absolute atomic E-state index is 8.12. The van der Waals surface area contributed by atoms with E-state index in [1.54, 1.807) is 0 Å². The summed E-state index contributed by atoms with van der Waals surface area (Å²) in [4.78, 5) is 0. The number of rotatable bonds is 6. The van der Waals surface area contributed by atoms with Crippen LogP contribution in [0.25, 0.3) is 0 Å². The van der Waals surface area contributed by atoms with E-state index < -0.39 is 5.96 Å².